The third-order valence-corrected chi connectivity index (χ3v) is 2.24. The zero-order valence-electron chi connectivity index (χ0n) is 7.27. The fourth-order valence-electron chi connectivity index (χ4n) is 1.31. The Labute approximate surface area is 69.4 Å². The summed E-state index contributed by atoms with van der Waals surface area (Å²) in [5.41, 5.74) is 5.91. The van der Waals surface area contributed by atoms with Gasteiger partial charge in [0, 0.05) is 12.5 Å². The molecule has 62 valence electrons. The van der Waals surface area contributed by atoms with Gasteiger partial charge in [0.15, 0.2) is 0 Å². The minimum absolute atomic E-state index is 0.466. The molecule has 0 heterocycles. The molecule has 2 N–H and O–H groups in total. The maximum atomic E-state index is 5.91. The molecule has 0 amide bonds. The summed E-state index contributed by atoms with van der Waals surface area (Å²) in [6.45, 7) is 1.89. The molecule has 0 aromatic heterocycles. The lowest BCUT2D eigenvalue weighted by Crippen LogP contribution is -2.21. The van der Waals surface area contributed by atoms with E-state index in [0.29, 0.717) is 6.04 Å². The van der Waals surface area contributed by atoms with Crippen molar-refractivity contribution in [2.24, 2.45) is 11.7 Å². The average Bonchev–Trinajstić information content (AvgIpc) is 2.79. The molecule has 0 bridgehead atoms. The third kappa shape index (κ3) is 3.43. The van der Waals surface area contributed by atoms with Crippen molar-refractivity contribution < 1.29 is 0 Å². The van der Waals surface area contributed by atoms with Crippen LogP contribution in [0.15, 0.2) is 0 Å². The van der Waals surface area contributed by atoms with E-state index in [0.717, 1.165) is 12.3 Å². The summed E-state index contributed by atoms with van der Waals surface area (Å²) in [4.78, 5) is 0. The summed E-state index contributed by atoms with van der Waals surface area (Å²) in [7, 11) is 0. The molecule has 1 atom stereocenters. The Morgan fingerprint density at radius 3 is 2.82 bits per heavy atom. The zero-order chi connectivity index (χ0) is 8.10. The van der Waals surface area contributed by atoms with E-state index in [1.54, 1.807) is 0 Å². The van der Waals surface area contributed by atoms with Crippen LogP contribution in [0.4, 0.5) is 0 Å². The van der Waals surface area contributed by atoms with Crippen molar-refractivity contribution in [1.29, 1.82) is 0 Å². The Kier molecular flexibility index (Phi) is 3.45. The van der Waals surface area contributed by atoms with Crippen LogP contribution < -0.4 is 5.73 Å². The van der Waals surface area contributed by atoms with Crippen molar-refractivity contribution in [3.05, 3.63) is 0 Å². The first-order valence-corrected chi connectivity index (χ1v) is 4.49. The molecular formula is C10H17N. The van der Waals surface area contributed by atoms with E-state index in [1.165, 1.54) is 25.7 Å². The van der Waals surface area contributed by atoms with Crippen LogP contribution in [0, 0.1) is 17.8 Å². The minimum atomic E-state index is 0.466. The SMILES string of the molecule is CC#CCCCC(N)C1CC1. The van der Waals surface area contributed by atoms with Crippen LogP contribution >= 0.6 is 0 Å². The molecule has 1 heteroatoms. The van der Waals surface area contributed by atoms with Crippen molar-refractivity contribution in [2.75, 3.05) is 0 Å². The molecule has 1 unspecified atom stereocenters. The van der Waals surface area contributed by atoms with Gasteiger partial charge in [-0.2, -0.15) is 0 Å². The van der Waals surface area contributed by atoms with Gasteiger partial charge in [0.1, 0.15) is 0 Å². The summed E-state index contributed by atoms with van der Waals surface area (Å²) >= 11 is 0. The molecule has 11 heavy (non-hydrogen) atoms. The van der Waals surface area contributed by atoms with Crippen molar-refractivity contribution >= 4 is 0 Å². The van der Waals surface area contributed by atoms with Crippen LogP contribution in [0.5, 0.6) is 0 Å². The van der Waals surface area contributed by atoms with E-state index >= 15 is 0 Å². The molecule has 0 aromatic carbocycles. The van der Waals surface area contributed by atoms with E-state index in [9.17, 15) is 0 Å². The van der Waals surface area contributed by atoms with Gasteiger partial charge in [-0.3, -0.25) is 0 Å². The fraction of sp³-hybridized carbons (Fsp3) is 0.800. The molecule has 1 rings (SSSR count). The van der Waals surface area contributed by atoms with Crippen LogP contribution in [-0.2, 0) is 0 Å². The van der Waals surface area contributed by atoms with E-state index in [2.05, 4.69) is 11.8 Å². The predicted molar refractivity (Wildman–Crippen MR) is 48.0 cm³/mol. The Bertz CT molecular complexity index is 159. The molecule has 0 spiro atoms. The maximum absolute atomic E-state index is 5.91. The monoisotopic (exact) mass is 151 g/mol. The average molecular weight is 151 g/mol. The Hall–Kier alpha value is -0.480. The Balaban J connectivity index is 1.95. The lowest BCUT2D eigenvalue weighted by atomic mass is 10.1. The number of hydrogen-bond acceptors (Lipinski definition) is 1. The quantitative estimate of drug-likeness (QED) is 0.482. The summed E-state index contributed by atoms with van der Waals surface area (Å²) in [5, 5.41) is 0. The van der Waals surface area contributed by atoms with Crippen LogP contribution in [-0.4, -0.2) is 6.04 Å². The number of hydrogen-bond donors (Lipinski definition) is 1. The second-order valence-electron chi connectivity index (χ2n) is 3.32. The molecule has 1 fully saturated rings. The van der Waals surface area contributed by atoms with Crippen molar-refractivity contribution in [1.82, 2.24) is 0 Å². The first kappa shape index (κ1) is 8.62. The lowest BCUT2D eigenvalue weighted by Gasteiger charge is -2.07. The van der Waals surface area contributed by atoms with Gasteiger partial charge >= 0.3 is 0 Å². The van der Waals surface area contributed by atoms with Gasteiger partial charge in [0.05, 0.1) is 0 Å². The highest BCUT2D eigenvalue weighted by atomic mass is 14.7. The summed E-state index contributed by atoms with van der Waals surface area (Å²) in [5.74, 6) is 6.80. The van der Waals surface area contributed by atoms with Crippen LogP contribution in [0.2, 0.25) is 0 Å². The van der Waals surface area contributed by atoms with Gasteiger partial charge < -0.3 is 5.73 Å². The Morgan fingerprint density at radius 1 is 1.55 bits per heavy atom. The van der Waals surface area contributed by atoms with Gasteiger partial charge in [-0.1, -0.05) is 0 Å². The maximum Gasteiger partial charge on any atom is 0.00891 e. The molecule has 0 aromatic rings. The smallest absolute Gasteiger partial charge is 0.00891 e. The van der Waals surface area contributed by atoms with E-state index in [1.807, 2.05) is 6.92 Å². The molecule has 0 saturated heterocycles. The highest BCUT2D eigenvalue weighted by Crippen LogP contribution is 2.33. The van der Waals surface area contributed by atoms with Crippen molar-refractivity contribution in [3.8, 4) is 11.8 Å². The van der Waals surface area contributed by atoms with E-state index in [-0.39, 0.29) is 0 Å². The number of unbranched alkanes of at least 4 members (excludes halogenated alkanes) is 1. The summed E-state index contributed by atoms with van der Waals surface area (Å²) in [6.07, 6.45) is 6.09. The van der Waals surface area contributed by atoms with E-state index < -0.39 is 0 Å². The molecule has 1 saturated carbocycles. The van der Waals surface area contributed by atoms with Crippen LogP contribution in [0.1, 0.15) is 39.0 Å². The van der Waals surface area contributed by atoms with Gasteiger partial charge in [-0.25, -0.2) is 0 Å². The summed E-state index contributed by atoms with van der Waals surface area (Å²) in [6, 6.07) is 0.466. The molecule has 0 aliphatic heterocycles. The molecule has 0 radical (unpaired) electrons. The van der Waals surface area contributed by atoms with E-state index in [4.69, 9.17) is 5.73 Å². The van der Waals surface area contributed by atoms with Crippen molar-refractivity contribution in [2.45, 2.75) is 45.1 Å². The van der Waals surface area contributed by atoms with Crippen LogP contribution in [0.25, 0.3) is 0 Å². The number of rotatable bonds is 4. The molecule has 1 nitrogen and oxygen atoms in total. The second kappa shape index (κ2) is 4.41. The molecular weight excluding hydrogens is 134 g/mol. The molecule has 1 aliphatic rings. The highest BCUT2D eigenvalue weighted by molar-refractivity contribution is 4.95. The predicted octanol–water partition coefficient (Wildman–Crippen LogP) is 1.92. The second-order valence-corrected chi connectivity index (χ2v) is 3.32. The fourth-order valence-corrected chi connectivity index (χ4v) is 1.31. The van der Waals surface area contributed by atoms with Gasteiger partial charge in [0.2, 0.25) is 0 Å². The van der Waals surface area contributed by atoms with Gasteiger partial charge in [-0.15, -0.1) is 11.8 Å². The first-order valence-electron chi connectivity index (χ1n) is 4.49. The lowest BCUT2D eigenvalue weighted by molar-refractivity contribution is 0.533. The van der Waals surface area contributed by atoms with Crippen LogP contribution in [0.3, 0.4) is 0 Å². The zero-order valence-corrected chi connectivity index (χ0v) is 7.27. The summed E-state index contributed by atoms with van der Waals surface area (Å²) < 4.78 is 0. The highest BCUT2D eigenvalue weighted by Gasteiger charge is 2.27. The third-order valence-electron chi connectivity index (χ3n) is 2.24. The minimum Gasteiger partial charge on any atom is -0.327 e. The molecule has 1 aliphatic carbocycles. The Morgan fingerprint density at radius 2 is 2.27 bits per heavy atom. The first-order chi connectivity index (χ1) is 5.34. The largest absolute Gasteiger partial charge is 0.327 e. The van der Waals surface area contributed by atoms with Gasteiger partial charge in [-0.05, 0) is 38.5 Å². The van der Waals surface area contributed by atoms with Gasteiger partial charge in [0.25, 0.3) is 0 Å². The number of nitrogens with two attached hydrogens (primary N) is 1. The topological polar surface area (TPSA) is 26.0 Å². The van der Waals surface area contributed by atoms with Crippen molar-refractivity contribution in [3.63, 3.8) is 0 Å². The normalized spacial score (nSPS) is 18.7. The standard InChI is InChI=1S/C10H17N/c1-2-3-4-5-6-10(11)9-7-8-9/h9-10H,4-8,11H2,1H3.